The third-order valence-electron chi connectivity index (χ3n) is 4.58. The van der Waals surface area contributed by atoms with Gasteiger partial charge in [-0.25, -0.2) is 0 Å². The number of aliphatic hydroxyl groups is 1. The fourth-order valence-electron chi connectivity index (χ4n) is 3.11. The van der Waals surface area contributed by atoms with Crippen molar-refractivity contribution < 1.29 is 9.90 Å². The Hall–Kier alpha value is -2.69. The monoisotopic (exact) mass is 361 g/mol. The van der Waals surface area contributed by atoms with E-state index in [4.69, 9.17) is 0 Å². The third kappa shape index (κ3) is 3.09. The zero-order valence-electron chi connectivity index (χ0n) is 14.4. The summed E-state index contributed by atoms with van der Waals surface area (Å²) in [6.07, 6.45) is 0. The molecule has 26 heavy (non-hydrogen) atoms. The summed E-state index contributed by atoms with van der Waals surface area (Å²) in [5.41, 5.74) is -0.501. The van der Waals surface area contributed by atoms with Gasteiger partial charge in [0.1, 0.15) is 5.60 Å². The summed E-state index contributed by atoms with van der Waals surface area (Å²) in [5, 5.41) is 16.8. The summed E-state index contributed by atoms with van der Waals surface area (Å²) < 4.78 is 1.13. The van der Waals surface area contributed by atoms with Crippen LogP contribution < -0.4 is 5.32 Å². The SMILES string of the molecule is CC(O)(CNC(=O)c1cccc2ccccc12)c1cc2ccccc2s1. The molecule has 1 heterocycles. The van der Waals surface area contributed by atoms with Gasteiger partial charge < -0.3 is 10.4 Å². The molecular weight excluding hydrogens is 342 g/mol. The van der Waals surface area contributed by atoms with Gasteiger partial charge in [0.2, 0.25) is 0 Å². The van der Waals surface area contributed by atoms with Gasteiger partial charge >= 0.3 is 0 Å². The molecule has 0 aliphatic carbocycles. The van der Waals surface area contributed by atoms with E-state index in [2.05, 4.69) is 5.32 Å². The quantitative estimate of drug-likeness (QED) is 0.554. The van der Waals surface area contributed by atoms with Gasteiger partial charge in [-0.05, 0) is 41.3 Å². The molecule has 4 heteroatoms. The highest BCUT2D eigenvalue weighted by atomic mass is 32.1. The minimum Gasteiger partial charge on any atom is -0.383 e. The van der Waals surface area contributed by atoms with Gasteiger partial charge in [-0.1, -0.05) is 54.6 Å². The summed E-state index contributed by atoms with van der Waals surface area (Å²) in [5.74, 6) is -0.178. The number of fused-ring (bicyclic) bond motifs is 2. The Labute approximate surface area is 155 Å². The second kappa shape index (κ2) is 6.56. The average Bonchev–Trinajstić information content (AvgIpc) is 3.11. The van der Waals surface area contributed by atoms with Gasteiger partial charge in [-0.3, -0.25) is 4.79 Å². The van der Waals surface area contributed by atoms with E-state index in [-0.39, 0.29) is 12.5 Å². The summed E-state index contributed by atoms with van der Waals surface area (Å²) in [4.78, 5) is 13.5. The smallest absolute Gasteiger partial charge is 0.252 e. The van der Waals surface area contributed by atoms with E-state index in [1.165, 1.54) is 0 Å². The fourth-order valence-corrected chi connectivity index (χ4v) is 4.21. The number of hydrogen-bond acceptors (Lipinski definition) is 3. The van der Waals surface area contributed by atoms with Crippen LogP contribution in [-0.4, -0.2) is 17.6 Å². The lowest BCUT2D eigenvalue weighted by atomic mass is 10.0. The van der Waals surface area contributed by atoms with Gasteiger partial charge in [0.05, 0.1) is 6.54 Å². The van der Waals surface area contributed by atoms with Crippen LogP contribution >= 0.6 is 11.3 Å². The molecule has 130 valence electrons. The van der Waals surface area contributed by atoms with E-state index in [1.807, 2.05) is 72.8 Å². The second-order valence-electron chi connectivity index (χ2n) is 6.63. The molecule has 0 radical (unpaired) electrons. The average molecular weight is 361 g/mol. The maximum atomic E-state index is 12.7. The molecule has 1 amide bonds. The number of carbonyl (C=O) groups excluding carboxylic acids is 1. The maximum absolute atomic E-state index is 12.7. The first kappa shape index (κ1) is 16.8. The third-order valence-corrected chi connectivity index (χ3v) is 5.95. The first-order valence-corrected chi connectivity index (χ1v) is 9.34. The Kier molecular flexibility index (Phi) is 4.23. The van der Waals surface area contributed by atoms with Gasteiger partial charge in [0.25, 0.3) is 5.91 Å². The topological polar surface area (TPSA) is 49.3 Å². The molecule has 0 aliphatic rings. The molecular formula is C22H19NO2S. The standard InChI is InChI=1S/C22H19NO2S/c1-22(25,20-13-16-8-3-5-12-19(16)26-20)14-23-21(24)18-11-6-9-15-7-2-4-10-17(15)18/h2-13,25H,14H2,1H3,(H,23,24). The van der Waals surface area contributed by atoms with Crippen molar-refractivity contribution in [3.63, 3.8) is 0 Å². The Morgan fingerprint density at radius 2 is 1.69 bits per heavy atom. The Balaban J connectivity index is 1.56. The minimum absolute atomic E-state index is 0.155. The summed E-state index contributed by atoms with van der Waals surface area (Å²) in [6.45, 7) is 1.89. The number of nitrogens with one attached hydrogen (secondary N) is 1. The van der Waals surface area contributed by atoms with E-state index >= 15 is 0 Å². The van der Waals surface area contributed by atoms with Crippen LogP contribution in [0, 0.1) is 0 Å². The Bertz CT molecular complexity index is 1060. The van der Waals surface area contributed by atoms with Crippen molar-refractivity contribution in [1.29, 1.82) is 0 Å². The molecule has 4 aromatic rings. The second-order valence-corrected chi connectivity index (χ2v) is 7.72. The minimum atomic E-state index is -1.12. The van der Waals surface area contributed by atoms with E-state index in [0.29, 0.717) is 5.56 Å². The van der Waals surface area contributed by atoms with E-state index < -0.39 is 5.60 Å². The lowest BCUT2D eigenvalue weighted by molar-refractivity contribution is 0.0558. The first-order valence-electron chi connectivity index (χ1n) is 8.52. The number of amides is 1. The number of benzene rings is 3. The van der Waals surface area contributed by atoms with Crippen LogP contribution in [0.4, 0.5) is 0 Å². The van der Waals surface area contributed by atoms with Crippen LogP contribution in [0.25, 0.3) is 20.9 Å². The lowest BCUT2D eigenvalue weighted by Gasteiger charge is -2.22. The molecule has 0 saturated carbocycles. The van der Waals surface area contributed by atoms with Gasteiger partial charge in [0, 0.05) is 15.1 Å². The number of rotatable bonds is 4. The van der Waals surface area contributed by atoms with E-state index in [0.717, 1.165) is 25.7 Å². The van der Waals surface area contributed by atoms with Crippen molar-refractivity contribution in [3.05, 3.63) is 83.2 Å². The summed E-state index contributed by atoms with van der Waals surface area (Å²) >= 11 is 1.55. The van der Waals surface area contributed by atoms with E-state index in [9.17, 15) is 9.90 Å². The van der Waals surface area contributed by atoms with Gasteiger partial charge in [0.15, 0.2) is 0 Å². The molecule has 0 bridgehead atoms. The zero-order chi connectivity index (χ0) is 18.1. The van der Waals surface area contributed by atoms with Crippen molar-refractivity contribution in [2.75, 3.05) is 6.54 Å². The normalized spacial score (nSPS) is 13.6. The van der Waals surface area contributed by atoms with Crippen LogP contribution in [0.15, 0.2) is 72.8 Å². The summed E-state index contributed by atoms with van der Waals surface area (Å²) in [6, 6.07) is 23.5. The molecule has 1 unspecified atom stereocenters. The fraction of sp³-hybridized carbons (Fsp3) is 0.136. The van der Waals surface area contributed by atoms with Crippen molar-refractivity contribution in [1.82, 2.24) is 5.32 Å². The molecule has 1 aromatic heterocycles. The largest absolute Gasteiger partial charge is 0.383 e. The Morgan fingerprint density at radius 1 is 1.00 bits per heavy atom. The van der Waals surface area contributed by atoms with Crippen LogP contribution in [0.3, 0.4) is 0 Å². The molecule has 0 spiro atoms. The number of thiophene rings is 1. The summed E-state index contributed by atoms with van der Waals surface area (Å²) in [7, 11) is 0. The van der Waals surface area contributed by atoms with Gasteiger partial charge in [-0.2, -0.15) is 0 Å². The predicted molar refractivity (Wildman–Crippen MR) is 108 cm³/mol. The molecule has 1 atom stereocenters. The van der Waals surface area contributed by atoms with Crippen LogP contribution in [0.1, 0.15) is 22.2 Å². The predicted octanol–water partition coefficient (Wildman–Crippen LogP) is 4.69. The van der Waals surface area contributed by atoms with Crippen molar-refractivity contribution in [2.45, 2.75) is 12.5 Å². The van der Waals surface area contributed by atoms with Crippen molar-refractivity contribution in [3.8, 4) is 0 Å². The van der Waals surface area contributed by atoms with Crippen molar-refractivity contribution in [2.24, 2.45) is 0 Å². The van der Waals surface area contributed by atoms with Gasteiger partial charge in [-0.15, -0.1) is 11.3 Å². The van der Waals surface area contributed by atoms with E-state index in [1.54, 1.807) is 18.3 Å². The zero-order valence-corrected chi connectivity index (χ0v) is 15.2. The van der Waals surface area contributed by atoms with Crippen LogP contribution in [-0.2, 0) is 5.60 Å². The van der Waals surface area contributed by atoms with Crippen LogP contribution in [0.5, 0.6) is 0 Å². The molecule has 0 aliphatic heterocycles. The van der Waals surface area contributed by atoms with Crippen LogP contribution in [0.2, 0.25) is 0 Å². The molecule has 0 saturated heterocycles. The number of hydrogen-bond donors (Lipinski definition) is 2. The highest BCUT2D eigenvalue weighted by Crippen LogP contribution is 2.33. The van der Waals surface area contributed by atoms with Crippen molar-refractivity contribution >= 4 is 38.1 Å². The molecule has 4 rings (SSSR count). The number of carbonyl (C=O) groups is 1. The molecule has 3 nitrogen and oxygen atoms in total. The first-order chi connectivity index (χ1) is 12.5. The molecule has 2 N–H and O–H groups in total. The lowest BCUT2D eigenvalue weighted by Crippen LogP contribution is -2.38. The Morgan fingerprint density at radius 3 is 2.50 bits per heavy atom. The highest BCUT2D eigenvalue weighted by molar-refractivity contribution is 7.19. The molecule has 0 fully saturated rings. The highest BCUT2D eigenvalue weighted by Gasteiger charge is 2.26. The molecule has 3 aromatic carbocycles. The maximum Gasteiger partial charge on any atom is 0.252 e.